The summed E-state index contributed by atoms with van der Waals surface area (Å²) in [6.45, 7) is 3.86. The number of aromatic nitrogens is 2. The number of hydrogen-bond acceptors (Lipinski definition) is 4. The summed E-state index contributed by atoms with van der Waals surface area (Å²) in [7, 11) is 0. The zero-order chi connectivity index (χ0) is 9.90. The van der Waals surface area contributed by atoms with Crippen LogP contribution in [0.3, 0.4) is 0 Å². The van der Waals surface area contributed by atoms with Gasteiger partial charge in [-0.1, -0.05) is 13.8 Å². The quantitative estimate of drug-likeness (QED) is 0.712. The van der Waals surface area contributed by atoms with Crippen LogP contribution in [0.1, 0.15) is 25.5 Å². The maximum atomic E-state index is 9.10. The van der Waals surface area contributed by atoms with Gasteiger partial charge in [0.2, 0.25) is 0 Å². The SMILES string of the molecule is CC(C)(CO)C(N)c1cncnc1. The van der Waals surface area contributed by atoms with Gasteiger partial charge in [0.1, 0.15) is 6.33 Å². The lowest BCUT2D eigenvalue weighted by molar-refractivity contribution is 0.132. The van der Waals surface area contributed by atoms with Crippen molar-refractivity contribution in [2.45, 2.75) is 19.9 Å². The van der Waals surface area contributed by atoms with Crippen LogP contribution in [0.25, 0.3) is 0 Å². The third-order valence-corrected chi connectivity index (χ3v) is 2.19. The number of rotatable bonds is 3. The average Bonchev–Trinajstić information content (AvgIpc) is 2.18. The monoisotopic (exact) mass is 181 g/mol. The van der Waals surface area contributed by atoms with Gasteiger partial charge >= 0.3 is 0 Å². The molecule has 4 heteroatoms. The Balaban J connectivity index is 2.85. The predicted octanol–water partition coefficient (Wildman–Crippen LogP) is 0.495. The second-order valence-corrected chi connectivity index (χ2v) is 3.80. The molecule has 1 aromatic rings. The molecule has 0 bridgehead atoms. The van der Waals surface area contributed by atoms with Gasteiger partial charge < -0.3 is 10.8 Å². The van der Waals surface area contributed by atoms with Crippen LogP contribution in [0.5, 0.6) is 0 Å². The number of hydrogen-bond donors (Lipinski definition) is 2. The Hall–Kier alpha value is -1.00. The van der Waals surface area contributed by atoms with Crippen molar-refractivity contribution in [2.24, 2.45) is 11.1 Å². The summed E-state index contributed by atoms with van der Waals surface area (Å²) in [4.78, 5) is 7.76. The molecule has 1 unspecified atom stereocenters. The topological polar surface area (TPSA) is 72.0 Å². The first-order valence-corrected chi connectivity index (χ1v) is 4.19. The van der Waals surface area contributed by atoms with Gasteiger partial charge in [-0.15, -0.1) is 0 Å². The van der Waals surface area contributed by atoms with Crippen molar-refractivity contribution < 1.29 is 5.11 Å². The molecule has 0 spiro atoms. The van der Waals surface area contributed by atoms with E-state index in [0.29, 0.717) is 0 Å². The van der Waals surface area contributed by atoms with Gasteiger partial charge in [-0.2, -0.15) is 0 Å². The van der Waals surface area contributed by atoms with E-state index in [1.807, 2.05) is 13.8 Å². The molecule has 0 radical (unpaired) electrons. The van der Waals surface area contributed by atoms with E-state index in [9.17, 15) is 0 Å². The third-order valence-electron chi connectivity index (χ3n) is 2.19. The highest BCUT2D eigenvalue weighted by Gasteiger charge is 2.27. The summed E-state index contributed by atoms with van der Waals surface area (Å²) >= 11 is 0. The lowest BCUT2D eigenvalue weighted by Crippen LogP contribution is -2.32. The Morgan fingerprint density at radius 1 is 1.46 bits per heavy atom. The van der Waals surface area contributed by atoms with Crippen LogP contribution in [-0.4, -0.2) is 21.7 Å². The van der Waals surface area contributed by atoms with Crippen molar-refractivity contribution in [3.8, 4) is 0 Å². The van der Waals surface area contributed by atoms with Crippen LogP contribution in [0.4, 0.5) is 0 Å². The minimum atomic E-state index is -0.343. The fraction of sp³-hybridized carbons (Fsp3) is 0.556. The molecule has 13 heavy (non-hydrogen) atoms. The first-order valence-electron chi connectivity index (χ1n) is 4.19. The molecule has 0 aromatic carbocycles. The van der Waals surface area contributed by atoms with Crippen LogP contribution < -0.4 is 5.73 Å². The van der Waals surface area contributed by atoms with Gasteiger partial charge in [0, 0.05) is 36.0 Å². The van der Waals surface area contributed by atoms with E-state index in [1.165, 1.54) is 6.33 Å². The van der Waals surface area contributed by atoms with Crippen molar-refractivity contribution in [1.29, 1.82) is 0 Å². The molecule has 1 rings (SSSR count). The molecular formula is C9H15N3O. The maximum Gasteiger partial charge on any atom is 0.115 e. The van der Waals surface area contributed by atoms with Gasteiger partial charge in [-0.05, 0) is 0 Å². The summed E-state index contributed by atoms with van der Waals surface area (Å²) < 4.78 is 0. The van der Waals surface area contributed by atoms with Crippen LogP contribution >= 0.6 is 0 Å². The van der Waals surface area contributed by atoms with Gasteiger partial charge in [0.25, 0.3) is 0 Å². The Kier molecular flexibility index (Phi) is 2.95. The lowest BCUT2D eigenvalue weighted by atomic mass is 9.83. The number of aliphatic hydroxyl groups excluding tert-OH is 1. The molecule has 4 nitrogen and oxygen atoms in total. The molecular weight excluding hydrogens is 166 g/mol. The normalized spacial score (nSPS) is 14.2. The summed E-state index contributed by atoms with van der Waals surface area (Å²) in [5, 5.41) is 9.10. The Morgan fingerprint density at radius 2 is 2.00 bits per heavy atom. The third kappa shape index (κ3) is 2.23. The minimum absolute atomic E-state index is 0.0447. The second kappa shape index (κ2) is 3.81. The van der Waals surface area contributed by atoms with Crippen molar-refractivity contribution in [3.05, 3.63) is 24.3 Å². The molecule has 0 aliphatic carbocycles. The highest BCUT2D eigenvalue weighted by molar-refractivity contribution is 5.11. The fourth-order valence-corrected chi connectivity index (χ4v) is 1.02. The standard InChI is InChI=1S/C9H15N3O/c1-9(2,5-13)8(10)7-3-11-6-12-4-7/h3-4,6,8,13H,5,10H2,1-2H3. The molecule has 0 saturated carbocycles. The van der Waals surface area contributed by atoms with Crippen LogP contribution in [-0.2, 0) is 0 Å². The van der Waals surface area contributed by atoms with Gasteiger partial charge in [-0.3, -0.25) is 0 Å². The molecule has 0 amide bonds. The Morgan fingerprint density at radius 3 is 2.46 bits per heavy atom. The fourth-order valence-electron chi connectivity index (χ4n) is 1.02. The summed E-state index contributed by atoms with van der Waals surface area (Å²) in [6.07, 6.45) is 4.81. The lowest BCUT2D eigenvalue weighted by Gasteiger charge is -2.29. The molecule has 3 N–H and O–H groups in total. The van der Waals surface area contributed by atoms with Crippen LogP contribution in [0.2, 0.25) is 0 Å². The summed E-state index contributed by atoms with van der Waals surface area (Å²) in [5.74, 6) is 0. The van der Waals surface area contributed by atoms with Gasteiger partial charge in [0.05, 0.1) is 0 Å². The number of aliphatic hydroxyl groups is 1. The number of nitrogens with two attached hydrogens (primary N) is 1. The molecule has 72 valence electrons. The largest absolute Gasteiger partial charge is 0.396 e. The summed E-state index contributed by atoms with van der Waals surface area (Å²) in [6, 6.07) is -0.237. The van der Waals surface area contributed by atoms with E-state index in [-0.39, 0.29) is 18.1 Å². The van der Waals surface area contributed by atoms with Crippen molar-refractivity contribution in [2.75, 3.05) is 6.61 Å². The Bertz CT molecular complexity index is 261. The van der Waals surface area contributed by atoms with E-state index >= 15 is 0 Å². The van der Waals surface area contributed by atoms with Crippen molar-refractivity contribution in [3.63, 3.8) is 0 Å². The molecule has 1 heterocycles. The predicted molar refractivity (Wildman–Crippen MR) is 49.8 cm³/mol. The molecule has 0 fully saturated rings. The van der Waals surface area contributed by atoms with Gasteiger partial charge in [-0.25, -0.2) is 9.97 Å². The number of nitrogens with zero attached hydrogens (tertiary/aromatic N) is 2. The Labute approximate surface area is 77.8 Å². The summed E-state index contributed by atoms with van der Waals surface area (Å²) in [5.41, 5.74) is 6.45. The molecule has 1 aromatic heterocycles. The minimum Gasteiger partial charge on any atom is -0.396 e. The smallest absolute Gasteiger partial charge is 0.115 e. The maximum absolute atomic E-state index is 9.10. The van der Waals surface area contributed by atoms with Crippen LogP contribution in [0.15, 0.2) is 18.7 Å². The highest BCUT2D eigenvalue weighted by atomic mass is 16.3. The van der Waals surface area contributed by atoms with E-state index < -0.39 is 0 Å². The average molecular weight is 181 g/mol. The molecule has 0 aliphatic heterocycles. The zero-order valence-corrected chi connectivity index (χ0v) is 7.94. The van der Waals surface area contributed by atoms with Gasteiger partial charge in [0.15, 0.2) is 0 Å². The first-order chi connectivity index (χ1) is 6.08. The van der Waals surface area contributed by atoms with E-state index in [4.69, 9.17) is 10.8 Å². The van der Waals surface area contributed by atoms with Crippen LogP contribution in [0, 0.1) is 5.41 Å². The zero-order valence-electron chi connectivity index (χ0n) is 7.94. The van der Waals surface area contributed by atoms with Crippen molar-refractivity contribution in [1.82, 2.24) is 9.97 Å². The van der Waals surface area contributed by atoms with E-state index in [0.717, 1.165) is 5.56 Å². The first kappa shape index (κ1) is 10.1. The van der Waals surface area contributed by atoms with Crippen molar-refractivity contribution >= 4 is 0 Å². The molecule has 1 atom stereocenters. The highest BCUT2D eigenvalue weighted by Crippen LogP contribution is 2.29. The molecule has 0 aliphatic rings. The second-order valence-electron chi connectivity index (χ2n) is 3.80. The molecule has 0 saturated heterocycles. The van der Waals surface area contributed by atoms with E-state index in [2.05, 4.69) is 9.97 Å². The van der Waals surface area contributed by atoms with E-state index in [1.54, 1.807) is 12.4 Å².